The van der Waals surface area contributed by atoms with E-state index in [1.807, 2.05) is 6.92 Å². The molecule has 0 aliphatic heterocycles. The highest BCUT2D eigenvalue weighted by molar-refractivity contribution is 5.98. The Labute approximate surface area is 127 Å². The van der Waals surface area contributed by atoms with Crippen LogP contribution in [0.3, 0.4) is 0 Å². The van der Waals surface area contributed by atoms with Crippen LogP contribution in [0.15, 0.2) is 24.3 Å². The lowest BCUT2D eigenvalue weighted by molar-refractivity contribution is 0.0877. The van der Waals surface area contributed by atoms with Crippen molar-refractivity contribution in [3.8, 4) is 0 Å². The van der Waals surface area contributed by atoms with Crippen LogP contribution in [0.5, 0.6) is 0 Å². The van der Waals surface area contributed by atoms with Gasteiger partial charge >= 0.3 is 0 Å². The number of carbonyl (C=O) groups excluding carboxylic acids is 1. The maximum Gasteiger partial charge on any atom is 0.169 e. The van der Waals surface area contributed by atoms with Crippen LogP contribution in [0, 0.1) is 11.7 Å². The molecule has 1 atom stereocenters. The molecule has 0 N–H and O–H groups in total. The monoisotopic (exact) mass is 291 g/mol. The van der Waals surface area contributed by atoms with Crippen LogP contribution in [0.2, 0.25) is 0 Å². The molecule has 2 nitrogen and oxygen atoms in total. The Kier molecular flexibility index (Phi) is 5.92. The Hall–Kier alpha value is -1.22. The largest absolute Gasteiger partial charge is 0.303 e. The summed E-state index contributed by atoms with van der Waals surface area (Å²) >= 11 is 0. The maximum atomic E-state index is 13.7. The van der Waals surface area contributed by atoms with Gasteiger partial charge in [0.1, 0.15) is 5.82 Å². The van der Waals surface area contributed by atoms with E-state index in [1.54, 1.807) is 18.2 Å². The lowest BCUT2D eigenvalue weighted by Crippen LogP contribution is -2.37. The van der Waals surface area contributed by atoms with Gasteiger partial charge in [0.2, 0.25) is 0 Å². The molecule has 0 amide bonds. The first-order valence-electron chi connectivity index (χ1n) is 8.08. The zero-order chi connectivity index (χ0) is 15.2. The van der Waals surface area contributed by atoms with Crippen LogP contribution in [0.1, 0.15) is 55.8 Å². The second-order valence-corrected chi connectivity index (χ2v) is 6.33. The molecule has 0 aromatic heterocycles. The van der Waals surface area contributed by atoms with Gasteiger partial charge in [-0.1, -0.05) is 44.7 Å². The van der Waals surface area contributed by atoms with Crippen molar-refractivity contribution in [2.24, 2.45) is 5.92 Å². The molecular formula is C18H26FNO. The summed E-state index contributed by atoms with van der Waals surface area (Å²) in [4.78, 5) is 14.7. The van der Waals surface area contributed by atoms with E-state index in [9.17, 15) is 9.18 Å². The van der Waals surface area contributed by atoms with Crippen molar-refractivity contribution in [2.75, 3.05) is 13.6 Å². The molecule has 2 rings (SSSR count). The van der Waals surface area contributed by atoms with Gasteiger partial charge in [-0.3, -0.25) is 4.79 Å². The van der Waals surface area contributed by atoms with E-state index in [0.717, 1.165) is 0 Å². The number of hydrogen-bond acceptors (Lipinski definition) is 2. The fraction of sp³-hybridized carbons (Fsp3) is 0.611. The molecule has 1 unspecified atom stereocenters. The molecule has 1 aromatic rings. The predicted octanol–water partition coefficient (Wildman–Crippen LogP) is 4.30. The van der Waals surface area contributed by atoms with Gasteiger partial charge in [0, 0.05) is 18.5 Å². The fourth-order valence-corrected chi connectivity index (χ4v) is 3.29. The number of Topliss-reactive ketones (excluding diaryl/α,β-unsaturated/α-hetero) is 1. The molecule has 1 aliphatic carbocycles. The van der Waals surface area contributed by atoms with Gasteiger partial charge < -0.3 is 4.90 Å². The molecule has 1 fully saturated rings. The third-order valence-electron chi connectivity index (χ3n) is 4.60. The highest BCUT2D eigenvalue weighted by atomic mass is 19.1. The Balaban J connectivity index is 1.95. The van der Waals surface area contributed by atoms with E-state index >= 15 is 0 Å². The first kappa shape index (κ1) is 16.2. The van der Waals surface area contributed by atoms with Crippen molar-refractivity contribution < 1.29 is 9.18 Å². The first-order chi connectivity index (χ1) is 10.1. The number of nitrogens with zero attached hydrogens (tertiary/aromatic N) is 1. The summed E-state index contributed by atoms with van der Waals surface area (Å²) in [7, 11) is 2.10. The summed E-state index contributed by atoms with van der Waals surface area (Å²) in [5.41, 5.74) is 0.222. The standard InChI is InChI=1S/C18H26FNO/c1-14(18(21)16-11-7-8-12-17(16)19)13-20(2)15-9-5-3-4-6-10-15/h7-8,11-12,14-15H,3-6,9-10,13H2,1-2H3. The Morgan fingerprint density at radius 2 is 1.86 bits per heavy atom. The summed E-state index contributed by atoms with van der Waals surface area (Å²) in [5.74, 6) is -0.671. The van der Waals surface area contributed by atoms with E-state index < -0.39 is 5.82 Å². The van der Waals surface area contributed by atoms with Crippen LogP contribution in [-0.2, 0) is 0 Å². The van der Waals surface area contributed by atoms with Gasteiger partial charge in [-0.25, -0.2) is 4.39 Å². The van der Waals surface area contributed by atoms with Gasteiger partial charge in [0.05, 0.1) is 5.56 Å². The van der Waals surface area contributed by atoms with Gasteiger partial charge in [0.25, 0.3) is 0 Å². The van der Waals surface area contributed by atoms with E-state index in [2.05, 4.69) is 11.9 Å². The number of ketones is 1. The number of benzene rings is 1. The van der Waals surface area contributed by atoms with Crippen molar-refractivity contribution in [3.05, 3.63) is 35.6 Å². The number of hydrogen-bond donors (Lipinski definition) is 0. The summed E-state index contributed by atoms with van der Waals surface area (Å²) in [6.07, 6.45) is 7.66. The lowest BCUT2D eigenvalue weighted by Gasteiger charge is -2.29. The van der Waals surface area contributed by atoms with Gasteiger partial charge in [-0.2, -0.15) is 0 Å². The molecule has 0 radical (unpaired) electrons. The molecule has 0 bridgehead atoms. The third kappa shape index (κ3) is 4.37. The minimum atomic E-state index is -0.411. The average molecular weight is 291 g/mol. The molecule has 1 aliphatic rings. The van der Waals surface area contributed by atoms with Gasteiger partial charge in [0.15, 0.2) is 5.78 Å². The molecule has 0 spiro atoms. The van der Waals surface area contributed by atoms with E-state index in [1.165, 1.54) is 44.6 Å². The first-order valence-corrected chi connectivity index (χ1v) is 8.08. The highest BCUT2D eigenvalue weighted by Crippen LogP contribution is 2.22. The van der Waals surface area contributed by atoms with E-state index in [4.69, 9.17) is 0 Å². The molecule has 1 saturated carbocycles. The minimum absolute atomic E-state index is 0.0893. The highest BCUT2D eigenvalue weighted by Gasteiger charge is 2.23. The Morgan fingerprint density at radius 1 is 1.24 bits per heavy atom. The van der Waals surface area contributed by atoms with Crippen LogP contribution in [0.4, 0.5) is 4.39 Å². The maximum absolute atomic E-state index is 13.7. The minimum Gasteiger partial charge on any atom is -0.303 e. The smallest absolute Gasteiger partial charge is 0.169 e. The lowest BCUT2D eigenvalue weighted by atomic mass is 9.97. The van der Waals surface area contributed by atoms with Crippen molar-refractivity contribution in [2.45, 2.75) is 51.5 Å². The molecule has 0 heterocycles. The molecule has 21 heavy (non-hydrogen) atoms. The average Bonchev–Trinajstić information content (AvgIpc) is 2.76. The van der Waals surface area contributed by atoms with Crippen LogP contribution < -0.4 is 0 Å². The van der Waals surface area contributed by atoms with Crippen molar-refractivity contribution >= 4 is 5.78 Å². The summed E-state index contributed by atoms with van der Waals surface area (Å²) < 4.78 is 13.7. The van der Waals surface area contributed by atoms with Crippen LogP contribution in [-0.4, -0.2) is 30.3 Å². The van der Waals surface area contributed by atoms with Crippen molar-refractivity contribution in [1.29, 1.82) is 0 Å². The SMILES string of the molecule is CC(CN(C)C1CCCCCC1)C(=O)c1ccccc1F. The quantitative estimate of drug-likeness (QED) is 0.595. The predicted molar refractivity (Wildman–Crippen MR) is 84.0 cm³/mol. The fourth-order valence-electron chi connectivity index (χ4n) is 3.29. The van der Waals surface area contributed by atoms with Crippen molar-refractivity contribution in [1.82, 2.24) is 4.90 Å². The normalized spacial score (nSPS) is 18.5. The Morgan fingerprint density at radius 3 is 2.48 bits per heavy atom. The summed E-state index contributed by atoms with van der Waals surface area (Å²) in [6, 6.07) is 6.85. The molecular weight excluding hydrogens is 265 g/mol. The molecule has 116 valence electrons. The second-order valence-electron chi connectivity index (χ2n) is 6.33. The Bertz CT molecular complexity index is 466. The van der Waals surface area contributed by atoms with Gasteiger partial charge in [-0.15, -0.1) is 0 Å². The van der Waals surface area contributed by atoms with Gasteiger partial charge in [-0.05, 0) is 32.0 Å². The van der Waals surface area contributed by atoms with Crippen LogP contribution in [0.25, 0.3) is 0 Å². The van der Waals surface area contributed by atoms with Crippen molar-refractivity contribution in [3.63, 3.8) is 0 Å². The van der Waals surface area contributed by atoms with Crippen LogP contribution >= 0.6 is 0 Å². The molecule has 3 heteroatoms. The second kappa shape index (κ2) is 7.69. The third-order valence-corrected chi connectivity index (χ3v) is 4.60. The summed E-state index contributed by atoms with van der Waals surface area (Å²) in [5, 5.41) is 0. The van der Waals surface area contributed by atoms with E-state index in [-0.39, 0.29) is 17.3 Å². The van der Waals surface area contributed by atoms with E-state index in [0.29, 0.717) is 12.6 Å². The topological polar surface area (TPSA) is 20.3 Å². The molecule has 1 aromatic carbocycles. The number of halogens is 1. The summed E-state index contributed by atoms with van der Waals surface area (Å²) in [6.45, 7) is 2.61. The zero-order valence-corrected chi connectivity index (χ0v) is 13.1. The number of rotatable bonds is 5. The zero-order valence-electron chi connectivity index (χ0n) is 13.1. The number of carbonyl (C=O) groups is 1. The molecule has 0 saturated heterocycles.